The van der Waals surface area contributed by atoms with Crippen molar-refractivity contribution in [2.24, 2.45) is 10.7 Å². The quantitative estimate of drug-likeness (QED) is 0.605. The largest absolute Gasteiger partial charge is 0.494 e. The molecule has 0 heterocycles. The predicted molar refractivity (Wildman–Crippen MR) is 71.2 cm³/mol. The Kier molecular flexibility index (Phi) is 5.33. The molecule has 0 aliphatic carbocycles. The van der Waals surface area contributed by atoms with Crippen LogP contribution in [0.2, 0.25) is 0 Å². The molecule has 17 heavy (non-hydrogen) atoms. The highest BCUT2D eigenvalue weighted by Gasteiger charge is 2.01. The van der Waals surface area contributed by atoms with Gasteiger partial charge in [-0.2, -0.15) is 0 Å². The highest BCUT2D eigenvalue weighted by molar-refractivity contribution is 5.78. The number of guanidine groups is 1. The molecule has 3 N–H and O–H groups in total. The summed E-state index contributed by atoms with van der Waals surface area (Å²) in [5, 5.41) is 3.05. The number of nitrogens with two attached hydrogens (primary N) is 1. The van der Waals surface area contributed by atoms with Crippen LogP contribution in [0, 0.1) is 0 Å². The summed E-state index contributed by atoms with van der Waals surface area (Å²) in [7, 11) is 0. The zero-order chi connectivity index (χ0) is 12.7. The van der Waals surface area contributed by atoms with E-state index in [0.717, 1.165) is 11.3 Å². The molecule has 4 heteroatoms. The molecule has 1 rings (SSSR count). The SMILES string of the molecule is CCOc1ccccc1CN=C(N)NC(C)C. The topological polar surface area (TPSA) is 59.6 Å². The van der Waals surface area contributed by atoms with Crippen molar-refractivity contribution >= 4 is 5.96 Å². The normalized spacial score (nSPS) is 11.6. The number of nitrogens with zero attached hydrogens (tertiary/aromatic N) is 1. The van der Waals surface area contributed by atoms with Crippen molar-refractivity contribution in [1.29, 1.82) is 0 Å². The fourth-order valence-electron chi connectivity index (χ4n) is 1.44. The fourth-order valence-corrected chi connectivity index (χ4v) is 1.44. The Bertz CT molecular complexity index is 375. The number of para-hydroxylation sites is 1. The van der Waals surface area contributed by atoms with Crippen molar-refractivity contribution in [3.05, 3.63) is 29.8 Å². The van der Waals surface area contributed by atoms with Gasteiger partial charge in [-0.25, -0.2) is 4.99 Å². The number of aliphatic imine (C=N–C) groups is 1. The summed E-state index contributed by atoms with van der Waals surface area (Å²) in [5.74, 6) is 1.34. The van der Waals surface area contributed by atoms with Crippen LogP contribution in [0.3, 0.4) is 0 Å². The first-order valence-corrected chi connectivity index (χ1v) is 5.90. The lowest BCUT2D eigenvalue weighted by atomic mass is 10.2. The zero-order valence-electron chi connectivity index (χ0n) is 10.7. The van der Waals surface area contributed by atoms with E-state index in [1.54, 1.807) is 0 Å². The van der Waals surface area contributed by atoms with Crippen LogP contribution in [0.25, 0.3) is 0 Å². The number of hydrogen-bond donors (Lipinski definition) is 2. The Labute approximate surface area is 103 Å². The Morgan fingerprint density at radius 2 is 2.12 bits per heavy atom. The Balaban J connectivity index is 2.67. The van der Waals surface area contributed by atoms with Crippen molar-refractivity contribution in [2.45, 2.75) is 33.4 Å². The molecule has 0 aliphatic rings. The van der Waals surface area contributed by atoms with Gasteiger partial charge in [-0.1, -0.05) is 18.2 Å². The molecule has 1 aromatic rings. The van der Waals surface area contributed by atoms with Gasteiger partial charge in [0, 0.05) is 11.6 Å². The van der Waals surface area contributed by atoms with E-state index < -0.39 is 0 Å². The molecule has 0 spiro atoms. The summed E-state index contributed by atoms with van der Waals surface area (Å²) in [6.07, 6.45) is 0. The third-order valence-electron chi connectivity index (χ3n) is 2.13. The molecule has 0 bridgehead atoms. The molecule has 0 radical (unpaired) electrons. The Hall–Kier alpha value is -1.71. The van der Waals surface area contributed by atoms with E-state index in [4.69, 9.17) is 10.5 Å². The van der Waals surface area contributed by atoms with E-state index in [0.29, 0.717) is 25.2 Å². The van der Waals surface area contributed by atoms with Gasteiger partial charge >= 0.3 is 0 Å². The van der Waals surface area contributed by atoms with Crippen LogP contribution in [0.5, 0.6) is 5.75 Å². The molecule has 1 aromatic carbocycles. The zero-order valence-corrected chi connectivity index (χ0v) is 10.7. The van der Waals surface area contributed by atoms with Crippen LogP contribution < -0.4 is 15.8 Å². The molecule has 94 valence electrons. The molecule has 0 fully saturated rings. The first kappa shape index (κ1) is 13.4. The summed E-state index contributed by atoms with van der Waals surface area (Å²) in [6.45, 7) is 7.20. The van der Waals surface area contributed by atoms with Gasteiger partial charge in [0.15, 0.2) is 5.96 Å². The van der Waals surface area contributed by atoms with Crippen LogP contribution in [0.4, 0.5) is 0 Å². The molecule has 0 saturated carbocycles. The number of benzene rings is 1. The van der Waals surface area contributed by atoms with Gasteiger partial charge in [-0.15, -0.1) is 0 Å². The number of ether oxygens (including phenoxy) is 1. The average molecular weight is 235 g/mol. The average Bonchev–Trinajstić information content (AvgIpc) is 2.27. The fraction of sp³-hybridized carbons (Fsp3) is 0.462. The summed E-state index contributed by atoms with van der Waals surface area (Å²) >= 11 is 0. The lowest BCUT2D eigenvalue weighted by Gasteiger charge is -2.10. The second-order valence-corrected chi connectivity index (χ2v) is 4.04. The number of hydrogen-bond acceptors (Lipinski definition) is 2. The molecule has 0 aliphatic heterocycles. The van der Waals surface area contributed by atoms with Crippen molar-refractivity contribution in [1.82, 2.24) is 5.32 Å². The maximum absolute atomic E-state index is 5.74. The van der Waals surface area contributed by atoms with Crippen LogP contribution in [-0.2, 0) is 6.54 Å². The molecule has 0 saturated heterocycles. The van der Waals surface area contributed by atoms with Crippen LogP contribution in [-0.4, -0.2) is 18.6 Å². The monoisotopic (exact) mass is 235 g/mol. The Morgan fingerprint density at radius 3 is 2.76 bits per heavy atom. The van der Waals surface area contributed by atoms with E-state index >= 15 is 0 Å². The van der Waals surface area contributed by atoms with Crippen molar-refractivity contribution in [3.63, 3.8) is 0 Å². The first-order chi connectivity index (χ1) is 8.13. The van der Waals surface area contributed by atoms with Gasteiger partial charge in [0.1, 0.15) is 5.75 Å². The molecular formula is C13H21N3O. The van der Waals surface area contributed by atoms with Gasteiger partial charge in [-0.05, 0) is 26.8 Å². The highest BCUT2D eigenvalue weighted by Crippen LogP contribution is 2.18. The standard InChI is InChI=1S/C13H21N3O/c1-4-17-12-8-6-5-7-11(12)9-15-13(14)16-10(2)3/h5-8,10H,4,9H2,1-3H3,(H3,14,15,16). The minimum absolute atomic E-state index is 0.292. The van der Waals surface area contributed by atoms with E-state index in [2.05, 4.69) is 10.3 Å². The lowest BCUT2D eigenvalue weighted by Crippen LogP contribution is -2.36. The second kappa shape index (κ2) is 6.78. The summed E-state index contributed by atoms with van der Waals surface area (Å²) in [5.41, 5.74) is 6.79. The molecule has 0 unspecified atom stereocenters. The van der Waals surface area contributed by atoms with E-state index in [1.165, 1.54) is 0 Å². The van der Waals surface area contributed by atoms with Gasteiger partial charge < -0.3 is 15.8 Å². The van der Waals surface area contributed by atoms with Gasteiger partial charge in [0.05, 0.1) is 13.2 Å². The second-order valence-electron chi connectivity index (χ2n) is 4.04. The Morgan fingerprint density at radius 1 is 1.41 bits per heavy atom. The maximum Gasteiger partial charge on any atom is 0.189 e. The third-order valence-corrected chi connectivity index (χ3v) is 2.13. The van der Waals surface area contributed by atoms with E-state index in [1.807, 2.05) is 45.0 Å². The molecular weight excluding hydrogens is 214 g/mol. The van der Waals surface area contributed by atoms with Crippen molar-refractivity contribution in [2.75, 3.05) is 6.61 Å². The summed E-state index contributed by atoms with van der Waals surface area (Å²) in [6, 6.07) is 8.16. The first-order valence-electron chi connectivity index (χ1n) is 5.90. The molecule has 0 atom stereocenters. The van der Waals surface area contributed by atoms with Gasteiger partial charge in [0.25, 0.3) is 0 Å². The highest BCUT2D eigenvalue weighted by atomic mass is 16.5. The van der Waals surface area contributed by atoms with Crippen LogP contribution >= 0.6 is 0 Å². The van der Waals surface area contributed by atoms with Gasteiger partial charge in [-0.3, -0.25) is 0 Å². The van der Waals surface area contributed by atoms with Crippen LogP contribution in [0.1, 0.15) is 26.3 Å². The van der Waals surface area contributed by atoms with E-state index in [-0.39, 0.29) is 0 Å². The predicted octanol–water partition coefficient (Wildman–Crippen LogP) is 1.90. The smallest absolute Gasteiger partial charge is 0.189 e. The lowest BCUT2D eigenvalue weighted by molar-refractivity contribution is 0.336. The van der Waals surface area contributed by atoms with Gasteiger partial charge in [0.2, 0.25) is 0 Å². The minimum Gasteiger partial charge on any atom is -0.494 e. The van der Waals surface area contributed by atoms with Crippen molar-refractivity contribution in [3.8, 4) is 5.75 Å². The molecule has 4 nitrogen and oxygen atoms in total. The van der Waals surface area contributed by atoms with E-state index in [9.17, 15) is 0 Å². The summed E-state index contributed by atoms with van der Waals surface area (Å²) < 4.78 is 5.52. The maximum atomic E-state index is 5.74. The third kappa shape index (κ3) is 4.76. The number of rotatable bonds is 5. The minimum atomic E-state index is 0.292. The summed E-state index contributed by atoms with van der Waals surface area (Å²) in [4.78, 5) is 4.28. The number of nitrogens with one attached hydrogen (secondary N) is 1. The molecule has 0 aromatic heterocycles. The van der Waals surface area contributed by atoms with Crippen LogP contribution in [0.15, 0.2) is 29.3 Å². The van der Waals surface area contributed by atoms with Crippen molar-refractivity contribution < 1.29 is 4.74 Å². The molecule has 0 amide bonds.